The average Bonchev–Trinajstić information content (AvgIpc) is 2.88. The van der Waals surface area contributed by atoms with Gasteiger partial charge < -0.3 is 14.6 Å². The van der Waals surface area contributed by atoms with E-state index in [1.807, 2.05) is 31.2 Å². The van der Waals surface area contributed by atoms with Crippen molar-refractivity contribution >= 4 is 5.91 Å². The predicted molar refractivity (Wildman–Crippen MR) is 84.0 cm³/mol. The largest absolute Gasteiger partial charge is 0.489 e. The maximum Gasteiger partial charge on any atom is 0.273 e. The molecule has 2 aromatic rings. The van der Waals surface area contributed by atoms with Crippen LogP contribution in [0.1, 0.15) is 47.1 Å². The van der Waals surface area contributed by atoms with Crippen LogP contribution in [0.4, 0.5) is 0 Å². The van der Waals surface area contributed by atoms with Crippen molar-refractivity contribution in [1.29, 1.82) is 0 Å². The third-order valence-corrected chi connectivity index (χ3v) is 3.42. The van der Waals surface area contributed by atoms with Gasteiger partial charge in [0.1, 0.15) is 18.1 Å². The molecule has 1 aromatic heterocycles. The summed E-state index contributed by atoms with van der Waals surface area (Å²) in [7, 11) is 0. The molecule has 5 nitrogen and oxygen atoms in total. The molecule has 0 saturated heterocycles. The molecule has 0 aliphatic heterocycles. The van der Waals surface area contributed by atoms with Crippen molar-refractivity contribution in [1.82, 2.24) is 10.5 Å². The van der Waals surface area contributed by atoms with Gasteiger partial charge in [-0.3, -0.25) is 4.79 Å². The Morgan fingerprint density at radius 2 is 2.00 bits per heavy atom. The monoisotopic (exact) mass is 302 g/mol. The lowest BCUT2D eigenvalue weighted by Gasteiger charge is -2.07. The fourth-order valence-electron chi connectivity index (χ4n) is 1.99. The van der Waals surface area contributed by atoms with Gasteiger partial charge in [-0.25, -0.2) is 0 Å². The molecule has 1 amide bonds. The van der Waals surface area contributed by atoms with Crippen molar-refractivity contribution in [2.45, 2.75) is 40.2 Å². The number of nitrogens with one attached hydrogen (secondary N) is 1. The van der Waals surface area contributed by atoms with Crippen LogP contribution in [-0.2, 0) is 6.61 Å². The van der Waals surface area contributed by atoms with E-state index in [-0.39, 0.29) is 12.5 Å². The van der Waals surface area contributed by atoms with E-state index in [0.29, 0.717) is 23.6 Å². The maximum atomic E-state index is 12.1. The van der Waals surface area contributed by atoms with Crippen LogP contribution in [0.15, 0.2) is 28.8 Å². The van der Waals surface area contributed by atoms with E-state index in [9.17, 15) is 4.79 Å². The zero-order valence-corrected chi connectivity index (χ0v) is 13.3. The molecule has 1 aromatic carbocycles. The SMILES string of the molecule is CCCCNC(=O)c1noc(C)c1COc1ccc(C)cc1. The van der Waals surface area contributed by atoms with Crippen molar-refractivity contribution in [2.75, 3.05) is 6.54 Å². The van der Waals surface area contributed by atoms with Gasteiger partial charge in [0.05, 0.1) is 5.56 Å². The number of aryl methyl sites for hydroxylation is 2. The number of hydrogen-bond acceptors (Lipinski definition) is 4. The molecule has 0 bridgehead atoms. The second-order valence-corrected chi connectivity index (χ2v) is 5.28. The van der Waals surface area contributed by atoms with E-state index in [2.05, 4.69) is 17.4 Å². The molecule has 0 radical (unpaired) electrons. The van der Waals surface area contributed by atoms with Gasteiger partial charge in [0, 0.05) is 6.54 Å². The molecule has 1 heterocycles. The van der Waals surface area contributed by atoms with E-state index in [0.717, 1.165) is 18.6 Å². The topological polar surface area (TPSA) is 64.4 Å². The summed E-state index contributed by atoms with van der Waals surface area (Å²) < 4.78 is 10.9. The highest BCUT2D eigenvalue weighted by molar-refractivity contribution is 5.93. The maximum absolute atomic E-state index is 12.1. The fraction of sp³-hybridized carbons (Fsp3) is 0.412. The Bertz CT molecular complexity index is 617. The molecule has 0 aliphatic carbocycles. The van der Waals surface area contributed by atoms with Crippen LogP contribution >= 0.6 is 0 Å². The van der Waals surface area contributed by atoms with E-state index in [1.165, 1.54) is 5.56 Å². The molecule has 5 heteroatoms. The highest BCUT2D eigenvalue weighted by Gasteiger charge is 2.19. The third kappa shape index (κ3) is 4.10. The number of carbonyl (C=O) groups is 1. The van der Waals surface area contributed by atoms with Crippen LogP contribution in [0, 0.1) is 13.8 Å². The quantitative estimate of drug-likeness (QED) is 0.796. The van der Waals surface area contributed by atoms with Gasteiger partial charge in [0.25, 0.3) is 5.91 Å². The Balaban J connectivity index is 2.02. The van der Waals surface area contributed by atoms with Crippen molar-refractivity contribution in [3.8, 4) is 5.75 Å². The lowest BCUT2D eigenvalue weighted by atomic mass is 10.2. The van der Waals surface area contributed by atoms with E-state index < -0.39 is 0 Å². The minimum atomic E-state index is -0.215. The summed E-state index contributed by atoms with van der Waals surface area (Å²) in [5, 5.41) is 6.70. The zero-order chi connectivity index (χ0) is 15.9. The minimum absolute atomic E-state index is 0.215. The van der Waals surface area contributed by atoms with Crippen LogP contribution < -0.4 is 10.1 Å². The van der Waals surface area contributed by atoms with Crippen LogP contribution in [0.2, 0.25) is 0 Å². The number of benzene rings is 1. The number of unbranched alkanes of at least 4 members (excludes halogenated alkanes) is 1. The Hall–Kier alpha value is -2.30. The fourth-order valence-corrected chi connectivity index (χ4v) is 1.99. The number of ether oxygens (including phenoxy) is 1. The van der Waals surface area contributed by atoms with Crippen LogP contribution in [0.3, 0.4) is 0 Å². The molecule has 118 valence electrons. The Morgan fingerprint density at radius 1 is 1.27 bits per heavy atom. The van der Waals surface area contributed by atoms with Crippen molar-refractivity contribution in [3.05, 3.63) is 46.8 Å². The van der Waals surface area contributed by atoms with Gasteiger partial charge in [0.2, 0.25) is 0 Å². The summed E-state index contributed by atoms with van der Waals surface area (Å²) in [5.74, 6) is 1.14. The number of aromatic nitrogens is 1. The average molecular weight is 302 g/mol. The zero-order valence-electron chi connectivity index (χ0n) is 13.3. The molecule has 0 fully saturated rings. The first-order valence-corrected chi connectivity index (χ1v) is 7.54. The van der Waals surface area contributed by atoms with Crippen LogP contribution in [0.25, 0.3) is 0 Å². The molecule has 0 atom stereocenters. The van der Waals surface area contributed by atoms with Crippen LogP contribution in [-0.4, -0.2) is 17.6 Å². The van der Waals surface area contributed by atoms with Crippen molar-refractivity contribution in [3.63, 3.8) is 0 Å². The molecule has 0 spiro atoms. The van der Waals surface area contributed by atoms with Crippen molar-refractivity contribution in [2.24, 2.45) is 0 Å². The molecule has 0 saturated carbocycles. The molecule has 0 unspecified atom stereocenters. The number of carbonyl (C=O) groups excluding carboxylic acids is 1. The molecule has 22 heavy (non-hydrogen) atoms. The first-order chi connectivity index (χ1) is 10.6. The second kappa shape index (κ2) is 7.64. The van der Waals surface area contributed by atoms with Gasteiger partial charge in [0.15, 0.2) is 5.69 Å². The summed E-state index contributed by atoms with van der Waals surface area (Å²) in [4.78, 5) is 12.1. The molecular weight excluding hydrogens is 280 g/mol. The lowest BCUT2D eigenvalue weighted by molar-refractivity contribution is 0.0942. The van der Waals surface area contributed by atoms with Crippen LogP contribution in [0.5, 0.6) is 5.75 Å². The van der Waals surface area contributed by atoms with Gasteiger partial charge in [-0.15, -0.1) is 0 Å². The summed E-state index contributed by atoms with van der Waals surface area (Å²) in [6.07, 6.45) is 1.97. The number of nitrogens with zero attached hydrogens (tertiary/aromatic N) is 1. The number of amides is 1. The highest BCUT2D eigenvalue weighted by atomic mass is 16.5. The molecule has 2 rings (SSSR count). The first-order valence-electron chi connectivity index (χ1n) is 7.54. The summed E-state index contributed by atoms with van der Waals surface area (Å²) in [6.45, 7) is 6.78. The predicted octanol–water partition coefficient (Wildman–Crippen LogP) is 3.40. The highest BCUT2D eigenvalue weighted by Crippen LogP contribution is 2.18. The Morgan fingerprint density at radius 3 is 2.68 bits per heavy atom. The molecule has 1 N–H and O–H groups in total. The van der Waals surface area contributed by atoms with Gasteiger partial charge in [-0.2, -0.15) is 0 Å². The summed E-state index contributed by atoms with van der Waals surface area (Å²) >= 11 is 0. The Labute approximate surface area is 130 Å². The minimum Gasteiger partial charge on any atom is -0.489 e. The third-order valence-electron chi connectivity index (χ3n) is 3.42. The molecule has 0 aliphatic rings. The molecular formula is C17H22N2O3. The second-order valence-electron chi connectivity index (χ2n) is 5.28. The normalized spacial score (nSPS) is 10.5. The van der Waals surface area contributed by atoms with E-state index in [1.54, 1.807) is 6.92 Å². The summed E-state index contributed by atoms with van der Waals surface area (Å²) in [6, 6.07) is 7.76. The first kappa shape index (κ1) is 16.1. The van der Waals surface area contributed by atoms with E-state index >= 15 is 0 Å². The number of hydrogen-bond donors (Lipinski definition) is 1. The van der Waals surface area contributed by atoms with Gasteiger partial charge >= 0.3 is 0 Å². The van der Waals surface area contributed by atoms with Gasteiger partial charge in [-0.1, -0.05) is 36.2 Å². The Kier molecular flexibility index (Phi) is 5.58. The summed E-state index contributed by atoms with van der Waals surface area (Å²) in [5.41, 5.74) is 2.17. The smallest absolute Gasteiger partial charge is 0.273 e. The number of rotatable bonds is 7. The van der Waals surface area contributed by atoms with E-state index in [4.69, 9.17) is 9.26 Å². The standard InChI is InChI=1S/C17H22N2O3/c1-4-5-10-18-17(20)16-15(13(3)22-19-16)11-21-14-8-6-12(2)7-9-14/h6-9H,4-5,10-11H2,1-3H3,(H,18,20). The van der Waals surface area contributed by atoms with Gasteiger partial charge in [-0.05, 0) is 32.4 Å². The lowest BCUT2D eigenvalue weighted by Crippen LogP contribution is -2.26. The van der Waals surface area contributed by atoms with Crippen molar-refractivity contribution < 1.29 is 14.1 Å².